The van der Waals surface area contributed by atoms with Gasteiger partial charge in [-0.15, -0.1) is 0 Å². The maximum absolute atomic E-state index is 11.2. The Balaban J connectivity index is 2.35. The molecular weight excluding hydrogens is 220 g/mol. The average Bonchev–Trinajstić information content (AvgIpc) is 2.24. The van der Waals surface area contributed by atoms with Crippen molar-refractivity contribution in [2.75, 3.05) is 11.5 Å². The van der Waals surface area contributed by atoms with E-state index in [-0.39, 0.29) is 5.92 Å². The molecule has 0 saturated heterocycles. The predicted molar refractivity (Wildman–Crippen MR) is 69.9 cm³/mol. The summed E-state index contributed by atoms with van der Waals surface area (Å²) >= 11 is 1.96. The molecule has 3 unspecified atom stereocenters. The first-order valence-electron chi connectivity index (χ1n) is 6.45. The molecule has 3 heteroatoms. The van der Waals surface area contributed by atoms with Crippen molar-refractivity contribution in [3.05, 3.63) is 0 Å². The molecule has 0 aromatic carbocycles. The van der Waals surface area contributed by atoms with E-state index in [0.29, 0.717) is 5.92 Å². The Bertz CT molecular complexity index is 218. The summed E-state index contributed by atoms with van der Waals surface area (Å²) in [6.45, 7) is 4.43. The Kier molecular flexibility index (Phi) is 6.25. The Morgan fingerprint density at radius 3 is 2.81 bits per heavy atom. The van der Waals surface area contributed by atoms with Gasteiger partial charge >= 0.3 is 5.97 Å². The SMILES string of the molecule is CCSCCCC1CC(C)CCC1C(=O)O. The van der Waals surface area contributed by atoms with E-state index < -0.39 is 5.97 Å². The fourth-order valence-corrected chi connectivity index (χ4v) is 3.39. The summed E-state index contributed by atoms with van der Waals surface area (Å²) < 4.78 is 0. The maximum atomic E-state index is 11.2. The highest BCUT2D eigenvalue weighted by atomic mass is 32.2. The van der Waals surface area contributed by atoms with Gasteiger partial charge in [0.05, 0.1) is 5.92 Å². The van der Waals surface area contributed by atoms with Crippen LogP contribution in [0.2, 0.25) is 0 Å². The fourth-order valence-electron chi connectivity index (χ4n) is 2.73. The van der Waals surface area contributed by atoms with E-state index in [2.05, 4.69) is 13.8 Å². The van der Waals surface area contributed by atoms with E-state index >= 15 is 0 Å². The molecule has 16 heavy (non-hydrogen) atoms. The molecule has 1 aliphatic carbocycles. The van der Waals surface area contributed by atoms with Gasteiger partial charge in [0.25, 0.3) is 0 Å². The smallest absolute Gasteiger partial charge is 0.306 e. The lowest BCUT2D eigenvalue weighted by molar-refractivity contribution is -0.145. The van der Waals surface area contributed by atoms with Crippen molar-refractivity contribution in [1.82, 2.24) is 0 Å². The second-order valence-electron chi connectivity index (χ2n) is 4.96. The second kappa shape index (κ2) is 7.21. The third-order valence-corrected chi connectivity index (χ3v) is 4.62. The van der Waals surface area contributed by atoms with Gasteiger partial charge in [-0.1, -0.05) is 13.8 Å². The van der Waals surface area contributed by atoms with E-state index in [1.807, 2.05) is 11.8 Å². The molecule has 3 atom stereocenters. The summed E-state index contributed by atoms with van der Waals surface area (Å²) in [5.41, 5.74) is 0. The first-order chi connectivity index (χ1) is 7.65. The fraction of sp³-hybridized carbons (Fsp3) is 0.923. The van der Waals surface area contributed by atoms with Gasteiger partial charge < -0.3 is 5.11 Å². The van der Waals surface area contributed by atoms with Crippen molar-refractivity contribution < 1.29 is 9.90 Å². The topological polar surface area (TPSA) is 37.3 Å². The highest BCUT2D eigenvalue weighted by Gasteiger charge is 2.32. The van der Waals surface area contributed by atoms with Crippen molar-refractivity contribution in [3.8, 4) is 0 Å². The van der Waals surface area contributed by atoms with Crippen molar-refractivity contribution >= 4 is 17.7 Å². The van der Waals surface area contributed by atoms with Crippen LogP contribution in [-0.4, -0.2) is 22.6 Å². The summed E-state index contributed by atoms with van der Waals surface area (Å²) in [5.74, 6) is 2.87. The molecule has 0 aromatic rings. The van der Waals surface area contributed by atoms with Gasteiger partial charge in [0.1, 0.15) is 0 Å². The molecule has 0 aliphatic heterocycles. The van der Waals surface area contributed by atoms with Crippen LogP contribution in [0, 0.1) is 17.8 Å². The highest BCUT2D eigenvalue weighted by molar-refractivity contribution is 7.99. The first kappa shape index (κ1) is 13.9. The van der Waals surface area contributed by atoms with Crippen LogP contribution in [0.5, 0.6) is 0 Å². The molecule has 1 rings (SSSR count). The second-order valence-corrected chi connectivity index (χ2v) is 6.36. The van der Waals surface area contributed by atoms with Crippen LogP contribution in [0.1, 0.15) is 46.0 Å². The van der Waals surface area contributed by atoms with Gasteiger partial charge in [0.2, 0.25) is 0 Å². The van der Waals surface area contributed by atoms with Crippen LogP contribution in [-0.2, 0) is 4.79 Å². The minimum absolute atomic E-state index is 0.0668. The Labute approximate surface area is 103 Å². The van der Waals surface area contributed by atoms with E-state index in [1.54, 1.807) is 0 Å². The van der Waals surface area contributed by atoms with Crippen LogP contribution in [0.4, 0.5) is 0 Å². The standard InChI is InChI=1S/C13H24O2S/c1-3-16-8-4-5-11-9-10(2)6-7-12(11)13(14)15/h10-12H,3-9H2,1-2H3,(H,14,15). The van der Waals surface area contributed by atoms with Crippen LogP contribution < -0.4 is 0 Å². The Hall–Kier alpha value is -0.180. The van der Waals surface area contributed by atoms with E-state index in [4.69, 9.17) is 0 Å². The number of aliphatic carboxylic acids is 1. The van der Waals surface area contributed by atoms with Crippen molar-refractivity contribution in [3.63, 3.8) is 0 Å². The van der Waals surface area contributed by atoms with E-state index in [0.717, 1.165) is 31.6 Å². The number of rotatable bonds is 6. The van der Waals surface area contributed by atoms with Crippen molar-refractivity contribution in [1.29, 1.82) is 0 Å². The van der Waals surface area contributed by atoms with Crippen molar-refractivity contribution in [2.45, 2.75) is 46.0 Å². The number of carboxylic acid groups (broad SMARTS) is 1. The van der Waals surface area contributed by atoms with Gasteiger partial charge in [-0.2, -0.15) is 11.8 Å². The minimum atomic E-state index is -0.569. The number of thioether (sulfide) groups is 1. The molecular formula is C13H24O2S. The summed E-state index contributed by atoms with van der Waals surface area (Å²) in [6.07, 6.45) is 5.39. The summed E-state index contributed by atoms with van der Waals surface area (Å²) in [4.78, 5) is 11.2. The molecule has 0 aromatic heterocycles. The average molecular weight is 244 g/mol. The molecule has 1 N–H and O–H groups in total. The molecule has 0 amide bonds. The lowest BCUT2D eigenvalue weighted by Gasteiger charge is -2.32. The molecule has 1 fully saturated rings. The summed E-state index contributed by atoms with van der Waals surface area (Å²) in [5, 5.41) is 9.19. The lowest BCUT2D eigenvalue weighted by atomic mass is 9.73. The van der Waals surface area contributed by atoms with Gasteiger partial charge in [-0.25, -0.2) is 0 Å². The van der Waals surface area contributed by atoms with Gasteiger partial charge in [0, 0.05) is 0 Å². The monoisotopic (exact) mass is 244 g/mol. The van der Waals surface area contributed by atoms with Crippen molar-refractivity contribution in [2.24, 2.45) is 17.8 Å². The molecule has 0 spiro atoms. The predicted octanol–water partition coefficient (Wildman–Crippen LogP) is 3.66. The van der Waals surface area contributed by atoms with Gasteiger partial charge in [-0.3, -0.25) is 4.79 Å². The molecule has 1 aliphatic rings. The first-order valence-corrected chi connectivity index (χ1v) is 7.61. The quantitative estimate of drug-likeness (QED) is 0.725. The summed E-state index contributed by atoms with van der Waals surface area (Å²) in [7, 11) is 0. The van der Waals surface area contributed by atoms with Crippen LogP contribution >= 0.6 is 11.8 Å². The zero-order chi connectivity index (χ0) is 12.0. The van der Waals surface area contributed by atoms with Crippen LogP contribution in [0.25, 0.3) is 0 Å². The third kappa shape index (κ3) is 4.36. The molecule has 0 bridgehead atoms. The number of carbonyl (C=O) groups is 1. The third-order valence-electron chi connectivity index (χ3n) is 3.63. The normalized spacial score (nSPS) is 30.2. The highest BCUT2D eigenvalue weighted by Crippen LogP contribution is 2.36. The molecule has 0 radical (unpaired) electrons. The number of carboxylic acids is 1. The maximum Gasteiger partial charge on any atom is 0.306 e. The van der Waals surface area contributed by atoms with Gasteiger partial charge in [-0.05, 0) is 55.4 Å². The lowest BCUT2D eigenvalue weighted by Crippen LogP contribution is -2.30. The zero-order valence-electron chi connectivity index (χ0n) is 10.4. The molecule has 1 saturated carbocycles. The van der Waals surface area contributed by atoms with E-state index in [1.165, 1.54) is 17.9 Å². The number of hydrogen-bond acceptors (Lipinski definition) is 2. The zero-order valence-corrected chi connectivity index (χ0v) is 11.3. The molecule has 94 valence electrons. The summed E-state index contributed by atoms with van der Waals surface area (Å²) in [6, 6.07) is 0. The number of hydrogen-bond donors (Lipinski definition) is 1. The van der Waals surface area contributed by atoms with Crippen LogP contribution in [0.3, 0.4) is 0 Å². The molecule has 0 heterocycles. The van der Waals surface area contributed by atoms with E-state index in [9.17, 15) is 9.90 Å². The van der Waals surface area contributed by atoms with Crippen LogP contribution in [0.15, 0.2) is 0 Å². The Morgan fingerprint density at radius 2 is 2.19 bits per heavy atom. The van der Waals surface area contributed by atoms with Gasteiger partial charge in [0.15, 0.2) is 0 Å². The largest absolute Gasteiger partial charge is 0.481 e. The minimum Gasteiger partial charge on any atom is -0.481 e. The molecule has 2 nitrogen and oxygen atoms in total. The Morgan fingerprint density at radius 1 is 1.44 bits per heavy atom.